The van der Waals surface area contributed by atoms with Gasteiger partial charge in [-0.3, -0.25) is 23.7 Å². The SMILES string of the molecule is COc1ccc(N2C(=O)[C@H]3[C@H](c4cccc(Br)c4)c4sc(=O)n(CC(=O)Nc5ccc6ccccc6c5)c4S[C@H]3C2=O)cc1. The topological polar surface area (TPSA) is 97.7 Å². The predicted molar refractivity (Wildman–Crippen MR) is 176 cm³/mol. The quantitative estimate of drug-likeness (QED) is 0.212. The molecule has 1 saturated heterocycles. The largest absolute Gasteiger partial charge is 0.497 e. The van der Waals surface area contributed by atoms with Crippen molar-refractivity contribution in [2.24, 2.45) is 5.92 Å². The lowest BCUT2D eigenvalue weighted by Crippen LogP contribution is -2.33. The van der Waals surface area contributed by atoms with Crippen molar-refractivity contribution in [1.29, 1.82) is 0 Å². The first-order valence-corrected chi connectivity index (χ1v) is 16.3. The van der Waals surface area contributed by atoms with Crippen molar-refractivity contribution in [2.45, 2.75) is 22.7 Å². The van der Waals surface area contributed by atoms with Gasteiger partial charge >= 0.3 is 4.87 Å². The van der Waals surface area contributed by atoms with Crippen molar-refractivity contribution in [3.8, 4) is 5.75 Å². The zero-order chi connectivity index (χ0) is 30.5. The van der Waals surface area contributed by atoms with E-state index in [0.717, 1.165) is 32.1 Å². The van der Waals surface area contributed by atoms with Gasteiger partial charge in [-0.15, -0.1) is 0 Å². The number of benzene rings is 4. The van der Waals surface area contributed by atoms with Crippen molar-refractivity contribution in [2.75, 3.05) is 17.3 Å². The number of fused-ring (bicyclic) bond motifs is 3. The summed E-state index contributed by atoms with van der Waals surface area (Å²) in [5.41, 5.74) is 1.89. The molecule has 0 aliphatic carbocycles. The Morgan fingerprint density at radius 2 is 1.68 bits per heavy atom. The summed E-state index contributed by atoms with van der Waals surface area (Å²) in [6, 6.07) is 27.9. The summed E-state index contributed by atoms with van der Waals surface area (Å²) in [6.07, 6.45) is 0. The van der Waals surface area contributed by atoms with Crippen LogP contribution in [0, 0.1) is 5.92 Å². The molecule has 11 heteroatoms. The number of halogens is 1. The molecule has 8 nitrogen and oxygen atoms in total. The summed E-state index contributed by atoms with van der Waals surface area (Å²) in [7, 11) is 1.55. The van der Waals surface area contributed by atoms with Gasteiger partial charge in [0, 0.05) is 21.0 Å². The molecule has 2 aliphatic rings. The number of ether oxygens (including phenoxy) is 1. The maximum absolute atomic E-state index is 14.1. The Bertz CT molecular complexity index is 2020. The van der Waals surface area contributed by atoms with E-state index in [2.05, 4.69) is 21.2 Å². The molecule has 2 aliphatic heterocycles. The van der Waals surface area contributed by atoms with E-state index in [1.165, 1.54) is 21.2 Å². The first-order valence-electron chi connectivity index (χ1n) is 13.8. The number of amides is 3. The van der Waals surface area contributed by atoms with Crippen molar-refractivity contribution >= 4 is 78.9 Å². The van der Waals surface area contributed by atoms with Crippen molar-refractivity contribution < 1.29 is 19.1 Å². The minimum atomic E-state index is -0.773. The Hall–Kier alpha value is -4.19. The first kappa shape index (κ1) is 28.6. The van der Waals surface area contributed by atoms with Gasteiger partial charge in [-0.25, -0.2) is 4.90 Å². The monoisotopic (exact) mass is 685 g/mol. The van der Waals surface area contributed by atoms with Crippen molar-refractivity contribution in [3.05, 3.63) is 116 Å². The van der Waals surface area contributed by atoms with Crippen LogP contribution in [-0.2, 0) is 20.9 Å². The van der Waals surface area contributed by atoms with E-state index < -0.39 is 17.1 Å². The number of nitrogens with one attached hydrogen (secondary N) is 1. The maximum atomic E-state index is 14.1. The van der Waals surface area contributed by atoms with Crippen LogP contribution in [0.25, 0.3) is 10.8 Å². The fourth-order valence-corrected chi connectivity index (χ4v) is 9.10. The second-order valence-electron chi connectivity index (χ2n) is 10.5. The number of hydrogen-bond donors (Lipinski definition) is 1. The fraction of sp³-hybridized carbons (Fsp3) is 0.152. The molecular formula is C33H24BrN3O5S2. The molecule has 1 N–H and O–H groups in total. The Morgan fingerprint density at radius 3 is 2.43 bits per heavy atom. The molecule has 1 fully saturated rings. The third-order valence-corrected chi connectivity index (χ3v) is 11.0. The number of methoxy groups -OCH3 is 1. The van der Waals surface area contributed by atoms with Crippen LogP contribution >= 0.6 is 39.0 Å². The highest BCUT2D eigenvalue weighted by Crippen LogP contribution is 2.54. The molecule has 3 amide bonds. The summed E-state index contributed by atoms with van der Waals surface area (Å²) < 4.78 is 7.49. The normalized spacial score (nSPS) is 19.1. The lowest BCUT2D eigenvalue weighted by atomic mass is 9.83. The predicted octanol–water partition coefficient (Wildman–Crippen LogP) is 6.27. The summed E-state index contributed by atoms with van der Waals surface area (Å²) in [6.45, 7) is -0.225. The van der Waals surface area contributed by atoms with E-state index >= 15 is 0 Å². The van der Waals surface area contributed by atoms with Gasteiger partial charge in [-0.1, -0.05) is 81.5 Å². The average molecular weight is 687 g/mol. The van der Waals surface area contributed by atoms with E-state index in [9.17, 15) is 19.2 Å². The van der Waals surface area contributed by atoms with Gasteiger partial charge in [0.1, 0.15) is 17.5 Å². The minimum absolute atomic E-state index is 0.225. The van der Waals surface area contributed by atoms with Crippen LogP contribution in [0.4, 0.5) is 11.4 Å². The van der Waals surface area contributed by atoms with Crippen LogP contribution in [0.1, 0.15) is 16.4 Å². The number of imide groups is 1. The Labute approximate surface area is 268 Å². The molecule has 7 rings (SSSR count). The lowest BCUT2D eigenvalue weighted by molar-refractivity contribution is -0.122. The average Bonchev–Trinajstić information content (AvgIpc) is 3.47. The number of thiazole rings is 1. The fourth-order valence-electron chi connectivity index (χ4n) is 5.91. The number of rotatable bonds is 6. The summed E-state index contributed by atoms with van der Waals surface area (Å²) in [5.74, 6) is -1.70. The summed E-state index contributed by atoms with van der Waals surface area (Å²) in [4.78, 5) is 56.3. The number of aromatic nitrogens is 1. The lowest BCUT2D eigenvalue weighted by Gasteiger charge is -2.30. The van der Waals surface area contributed by atoms with Gasteiger partial charge in [-0.2, -0.15) is 0 Å². The zero-order valence-electron chi connectivity index (χ0n) is 23.2. The van der Waals surface area contributed by atoms with E-state index in [4.69, 9.17) is 4.74 Å². The first-order chi connectivity index (χ1) is 21.3. The molecule has 0 unspecified atom stereocenters. The van der Waals surface area contributed by atoms with Crippen LogP contribution < -0.4 is 19.8 Å². The molecule has 44 heavy (non-hydrogen) atoms. The van der Waals surface area contributed by atoms with Crippen LogP contribution in [0.15, 0.2) is 105 Å². The van der Waals surface area contributed by atoms with Crippen LogP contribution in [0.3, 0.4) is 0 Å². The van der Waals surface area contributed by atoms with Gasteiger partial charge in [0.15, 0.2) is 0 Å². The molecule has 220 valence electrons. The van der Waals surface area contributed by atoms with E-state index in [1.807, 2.05) is 66.7 Å². The smallest absolute Gasteiger partial charge is 0.308 e. The maximum Gasteiger partial charge on any atom is 0.308 e. The van der Waals surface area contributed by atoms with E-state index in [0.29, 0.717) is 27.0 Å². The second kappa shape index (κ2) is 11.4. The summed E-state index contributed by atoms with van der Waals surface area (Å²) >= 11 is 5.75. The molecule has 1 aromatic heterocycles. The van der Waals surface area contributed by atoms with Gasteiger partial charge in [0.05, 0.1) is 23.7 Å². The zero-order valence-corrected chi connectivity index (χ0v) is 26.4. The Morgan fingerprint density at radius 1 is 0.909 bits per heavy atom. The summed E-state index contributed by atoms with van der Waals surface area (Å²) in [5, 5.41) is 4.71. The van der Waals surface area contributed by atoms with Crippen molar-refractivity contribution in [1.82, 2.24) is 4.57 Å². The van der Waals surface area contributed by atoms with Crippen LogP contribution in [-0.4, -0.2) is 34.6 Å². The molecule has 3 heterocycles. The number of thioether (sulfide) groups is 1. The molecule has 4 aromatic carbocycles. The molecular weight excluding hydrogens is 662 g/mol. The Balaban J connectivity index is 1.25. The van der Waals surface area contributed by atoms with Crippen LogP contribution in [0.2, 0.25) is 0 Å². The molecule has 0 saturated carbocycles. The van der Waals surface area contributed by atoms with Gasteiger partial charge in [0.25, 0.3) is 0 Å². The van der Waals surface area contributed by atoms with Gasteiger partial charge in [-0.05, 0) is 64.9 Å². The molecule has 5 aromatic rings. The molecule has 0 spiro atoms. The molecule has 0 bridgehead atoms. The van der Waals surface area contributed by atoms with Crippen LogP contribution in [0.5, 0.6) is 5.75 Å². The molecule has 0 radical (unpaired) electrons. The number of carbonyl (C=O) groups excluding carboxylic acids is 3. The highest BCUT2D eigenvalue weighted by molar-refractivity contribution is 9.10. The third-order valence-electron chi connectivity index (χ3n) is 7.92. The van der Waals surface area contributed by atoms with Crippen molar-refractivity contribution in [3.63, 3.8) is 0 Å². The van der Waals surface area contributed by atoms with Gasteiger partial charge in [0.2, 0.25) is 17.7 Å². The number of hydrogen-bond acceptors (Lipinski definition) is 7. The second-order valence-corrected chi connectivity index (χ2v) is 13.6. The Kier molecular flexibility index (Phi) is 7.39. The van der Waals surface area contributed by atoms with E-state index in [1.54, 1.807) is 31.4 Å². The van der Waals surface area contributed by atoms with E-state index in [-0.39, 0.29) is 29.1 Å². The molecule has 3 atom stereocenters. The standard InChI is InChI=1S/C33H24BrN3O5S2/c1-42-24-13-11-23(12-14-24)37-30(39)27-26(20-7-4-8-21(34)15-20)29-32(43-28(27)31(37)40)36(33(41)44-29)17-25(38)35-22-10-9-18-5-2-3-6-19(18)16-22/h2-16,26-28H,17H2,1H3,(H,35,38)/t26-,27-,28+/m0/s1. The number of carbonyl (C=O) groups is 3. The minimum Gasteiger partial charge on any atom is -0.497 e. The highest BCUT2D eigenvalue weighted by Gasteiger charge is 2.56. The number of nitrogens with zero attached hydrogens (tertiary/aromatic N) is 2. The van der Waals surface area contributed by atoms with Gasteiger partial charge < -0.3 is 10.1 Å². The number of anilines is 2. The highest BCUT2D eigenvalue weighted by atomic mass is 79.9. The third kappa shape index (κ3) is 4.94.